The molecule has 0 N–H and O–H groups in total. The first-order valence-electron chi connectivity index (χ1n) is 4.09. The van der Waals surface area contributed by atoms with Crippen molar-refractivity contribution in [2.45, 2.75) is 6.92 Å². The molecule has 0 heterocycles. The van der Waals surface area contributed by atoms with Gasteiger partial charge in [-0.25, -0.2) is 0 Å². The Bertz CT molecular complexity index is 379. The van der Waals surface area contributed by atoms with E-state index in [1.165, 1.54) is 6.08 Å². The minimum Gasteiger partial charge on any atom is -0.541 e. The number of aryl methyl sites for hydroxylation is 1. The molecule has 4 heteroatoms. The predicted octanol–water partition coefficient (Wildman–Crippen LogP) is -2.67. The molecule has 0 unspecified atom stereocenters. The molecular formula is C11H9NaO3. The van der Waals surface area contributed by atoms with Crippen molar-refractivity contribution in [3.05, 3.63) is 41.5 Å². The maximum absolute atomic E-state index is 10.6. The molecule has 0 atom stereocenters. The molecular weight excluding hydrogens is 203 g/mol. The normalized spacial score (nSPS) is 9.67. The third kappa shape index (κ3) is 4.93. The van der Waals surface area contributed by atoms with Gasteiger partial charge in [0.2, 0.25) is 5.78 Å². The van der Waals surface area contributed by atoms with Crippen LogP contribution in [0.3, 0.4) is 0 Å². The summed E-state index contributed by atoms with van der Waals surface area (Å²) in [6.07, 6.45) is 2.43. The topological polar surface area (TPSA) is 57.2 Å². The van der Waals surface area contributed by atoms with E-state index in [1.807, 2.05) is 19.1 Å². The molecule has 1 aromatic rings. The van der Waals surface area contributed by atoms with Gasteiger partial charge in [0, 0.05) is 0 Å². The fourth-order valence-electron chi connectivity index (χ4n) is 0.918. The molecule has 3 nitrogen and oxygen atoms in total. The number of carbonyl (C=O) groups is 2. The number of ketones is 1. The van der Waals surface area contributed by atoms with Gasteiger partial charge in [0.05, 0.1) is 0 Å². The van der Waals surface area contributed by atoms with Crippen LogP contribution in [0.4, 0.5) is 0 Å². The van der Waals surface area contributed by atoms with E-state index in [9.17, 15) is 14.7 Å². The second-order valence-electron chi connectivity index (χ2n) is 2.90. The van der Waals surface area contributed by atoms with Crippen LogP contribution in [0.2, 0.25) is 0 Å². The molecule has 0 amide bonds. The van der Waals surface area contributed by atoms with Gasteiger partial charge in [0.25, 0.3) is 0 Å². The van der Waals surface area contributed by atoms with Gasteiger partial charge in [0.1, 0.15) is 5.97 Å². The maximum Gasteiger partial charge on any atom is 1.00 e. The van der Waals surface area contributed by atoms with Crippen LogP contribution in [0.5, 0.6) is 0 Å². The Hall–Kier alpha value is -0.900. The SMILES string of the molecule is Cc1ccc(C=CC(=O)C(=O)[O-])cc1.[Na+]. The van der Waals surface area contributed by atoms with Crippen LogP contribution in [-0.2, 0) is 9.59 Å². The fourth-order valence-corrected chi connectivity index (χ4v) is 0.918. The second kappa shape index (κ2) is 6.56. The van der Waals surface area contributed by atoms with Crippen LogP contribution in [0.15, 0.2) is 30.3 Å². The van der Waals surface area contributed by atoms with Crippen molar-refractivity contribution in [1.29, 1.82) is 0 Å². The summed E-state index contributed by atoms with van der Waals surface area (Å²) in [7, 11) is 0. The van der Waals surface area contributed by atoms with Gasteiger partial charge in [-0.3, -0.25) is 4.79 Å². The number of aliphatic carboxylic acids is 1. The number of rotatable bonds is 3. The number of carbonyl (C=O) groups excluding carboxylic acids is 2. The first-order chi connectivity index (χ1) is 6.59. The zero-order chi connectivity index (χ0) is 10.6. The standard InChI is InChI=1S/C11H10O3.Na/c1-8-2-4-9(5-3-8)6-7-10(12)11(13)14;/h2-7H,1H3,(H,13,14);/q;+1/p-1. The van der Waals surface area contributed by atoms with Gasteiger partial charge in [-0.15, -0.1) is 0 Å². The number of hydrogen-bond acceptors (Lipinski definition) is 3. The summed E-state index contributed by atoms with van der Waals surface area (Å²) < 4.78 is 0. The summed E-state index contributed by atoms with van der Waals surface area (Å²) >= 11 is 0. The van der Waals surface area contributed by atoms with Crippen LogP contribution >= 0.6 is 0 Å². The first-order valence-corrected chi connectivity index (χ1v) is 4.09. The van der Waals surface area contributed by atoms with Gasteiger partial charge in [-0.2, -0.15) is 0 Å². The first kappa shape index (κ1) is 14.1. The fraction of sp³-hybridized carbons (Fsp3) is 0.0909. The number of carboxylic acid groups (broad SMARTS) is 1. The molecule has 0 bridgehead atoms. The van der Waals surface area contributed by atoms with Crippen molar-refractivity contribution in [1.82, 2.24) is 0 Å². The van der Waals surface area contributed by atoms with Gasteiger partial charge >= 0.3 is 29.6 Å². The smallest absolute Gasteiger partial charge is 0.541 e. The Morgan fingerprint density at radius 3 is 2.20 bits per heavy atom. The molecule has 0 aliphatic heterocycles. The van der Waals surface area contributed by atoms with Crippen LogP contribution < -0.4 is 34.7 Å². The van der Waals surface area contributed by atoms with E-state index in [4.69, 9.17) is 0 Å². The van der Waals surface area contributed by atoms with Crippen molar-refractivity contribution in [2.24, 2.45) is 0 Å². The zero-order valence-corrected chi connectivity index (χ0v) is 10.7. The van der Waals surface area contributed by atoms with Crippen molar-refractivity contribution in [3.63, 3.8) is 0 Å². The summed E-state index contributed by atoms with van der Waals surface area (Å²) in [4.78, 5) is 20.7. The third-order valence-electron chi connectivity index (χ3n) is 1.71. The van der Waals surface area contributed by atoms with Crippen molar-refractivity contribution >= 4 is 17.8 Å². The molecule has 0 aliphatic rings. The summed E-state index contributed by atoms with van der Waals surface area (Å²) in [6.45, 7) is 1.94. The van der Waals surface area contributed by atoms with Crippen molar-refractivity contribution in [3.8, 4) is 0 Å². The van der Waals surface area contributed by atoms with Crippen molar-refractivity contribution in [2.75, 3.05) is 0 Å². The molecule has 0 aliphatic carbocycles. The van der Waals surface area contributed by atoms with Gasteiger partial charge in [-0.1, -0.05) is 35.9 Å². The van der Waals surface area contributed by atoms with Gasteiger partial charge < -0.3 is 9.90 Å². The molecule has 0 saturated heterocycles. The zero-order valence-electron chi connectivity index (χ0n) is 8.69. The molecule has 0 spiro atoms. The van der Waals surface area contributed by atoms with Gasteiger partial charge in [0.15, 0.2) is 0 Å². The molecule has 0 fully saturated rings. The maximum atomic E-state index is 10.6. The minimum atomic E-state index is -1.69. The molecule has 0 aromatic heterocycles. The van der Waals surface area contributed by atoms with Crippen LogP contribution in [0, 0.1) is 6.92 Å². The molecule has 15 heavy (non-hydrogen) atoms. The van der Waals surface area contributed by atoms with Crippen LogP contribution in [-0.4, -0.2) is 11.8 Å². The Morgan fingerprint density at radius 1 is 1.20 bits per heavy atom. The number of benzene rings is 1. The second-order valence-corrected chi connectivity index (χ2v) is 2.90. The van der Waals surface area contributed by atoms with E-state index in [2.05, 4.69) is 0 Å². The molecule has 72 valence electrons. The molecule has 1 aromatic carbocycles. The monoisotopic (exact) mass is 212 g/mol. The minimum absolute atomic E-state index is 0. The summed E-state index contributed by atoms with van der Waals surface area (Å²) in [6, 6.07) is 7.36. The largest absolute Gasteiger partial charge is 1.00 e. The third-order valence-corrected chi connectivity index (χ3v) is 1.71. The van der Waals surface area contributed by atoms with E-state index < -0.39 is 11.8 Å². The molecule has 0 radical (unpaired) electrons. The molecule has 0 saturated carbocycles. The summed E-state index contributed by atoms with van der Waals surface area (Å²) in [5.74, 6) is -2.71. The Morgan fingerprint density at radius 2 is 1.73 bits per heavy atom. The average Bonchev–Trinajstić information content (AvgIpc) is 2.16. The Balaban J connectivity index is 0.00000196. The summed E-state index contributed by atoms with van der Waals surface area (Å²) in [5.41, 5.74) is 1.89. The van der Waals surface area contributed by atoms with Crippen LogP contribution in [0.1, 0.15) is 11.1 Å². The van der Waals surface area contributed by atoms with E-state index >= 15 is 0 Å². The van der Waals surface area contributed by atoms with E-state index in [1.54, 1.807) is 12.1 Å². The molecule has 1 rings (SSSR count). The van der Waals surface area contributed by atoms with Crippen LogP contribution in [0.25, 0.3) is 6.08 Å². The quantitative estimate of drug-likeness (QED) is 0.312. The Labute approximate surface area is 110 Å². The van der Waals surface area contributed by atoms with E-state index in [-0.39, 0.29) is 29.6 Å². The number of carboxylic acids is 1. The van der Waals surface area contributed by atoms with Gasteiger partial charge in [-0.05, 0) is 18.6 Å². The number of hydrogen-bond donors (Lipinski definition) is 0. The van der Waals surface area contributed by atoms with Crippen molar-refractivity contribution < 1.29 is 44.3 Å². The summed E-state index contributed by atoms with van der Waals surface area (Å²) in [5, 5.41) is 10.1. The Kier molecular flexibility index (Phi) is 6.17. The van der Waals surface area contributed by atoms with E-state index in [0.29, 0.717) is 0 Å². The van der Waals surface area contributed by atoms with E-state index in [0.717, 1.165) is 17.2 Å². The predicted molar refractivity (Wildman–Crippen MR) is 50.2 cm³/mol. The average molecular weight is 212 g/mol.